The van der Waals surface area contributed by atoms with Gasteiger partial charge in [0.25, 0.3) is 5.91 Å². The van der Waals surface area contributed by atoms with Gasteiger partial charge in [-0.1, -0.05) is 29.8 Å². The Morgan fingerprint density at radius 1 is 1.23 bits per heavy atom. The quantitative estimate of drug-likeness (QED) is 0.763. The van der Waals surface area contributed by atoms with Crippen molar-refractivity contribution >= 4 is 34.8 Å². The molecule has 0 unspecified atom stereocenters. The van der Waals surface area contributed by atoms with E-state index in [2.05, 4.69) is 0 Å². The highest BCUT2D eigenvalue weighted by atomic mass is 35.5. The number of hydrogen-bond acceptors (Lipinski definition) is 3. The van der Waals surface area contributed by atoms with Crippen molar-refractivity contribution < 1.29 is 9.59 Å². The number of halogens is 1. The highest BCUT2D eigenvalue weighted by Gasteiger charge is 2.30. The molecule has 0 atom stereocenters. The van der Waals surface area contributed by atoms with Crippen LogP contribution in [0.5, 0.6) is 0 Å². The first-order chi connectivity index (χ1) is 12.6. The number of thiophene rings is 1. The Morgan fingerprint density at radius 3 is 2.62 bits per heavy atom. The molecule has 2 aromatic rings. The fourth-order valence-electron chi connectivity index (χ4n) is 3.35. The smallest absolute Gasteiger partial charge is 0.263 e. The van der Waals surface area contributed by atoms with Crippen LogP contribution in [-0.2, 0) is 11.3 Å². The number of benzene rings is 1. The molecule has 0 aliphatic carbocycles. The fraction of sp³-hybridized carbons (Fsp3) is 0.400. The molecule has 0 saturated carbocycles. The van der Waals surface area contributed by atoms with Crippen LogP contribution in [0.15, 0.2) is 41.8 Å². The van der Waals surface area contributed by atoms with Crippen LogP contribution in [0.1, 0.15) is 35.0 Å². The number of hydrogen-bond donors (Lipinski definition) is 0. The van der Waals surface area contributed by atoms with E-state index < -0.39 is 0 Å². The van der Waals surface area contributed by atoms with Crippen LogP contribution in [0.3, 0.4) is 0 Å². The Bertz CT molecular complexity index is 755. The Labute approximate surface area is 163 Å². The van der Waals surface area contributed by atoms with Gasteiger partial charge in [-0.25, -0.2) is 0 Å². The summed E-state index contributed by atoms with van der Waals surface area (Å²) in [5, 5.41) is 2.60. The van der Waals surface area contributed by atoms with Gasteiger partial charge < -0.3 is 9.80 Å². The molecule has 138 valence electrons. The van der Waals surface area contributed by atoms with Crippen molar-refractivity contribution in [1.82, 2.24) is 9.80 Å². The molecule has 1 aromatic heterocycles. The number of piperidine rings is 1. The van der Waals surface area contributed by atoms with Gasteiger partial charge in [-0.3, -0.25) is 9.59 Å². The lowest BCUT2D eigenvalue weighted by atomic mass is 9.95. The van der Waals surface area contributed by atoms with E-state index in [0.717, 1.165) is 23.3 Å². The minimum atomic E-state index is -0.0125. The minimum Gasteiger partial charge on any atom is -0.338 e. The molecule has 1 aliphatic heterocycles. The van der Waals surface area contributed by atoms with E-state index in [9.17, 15) is 9.59 Å². The third kappa shape index (κ3) is 4.46. The van der Waals surface area contributed by atoms with E-state index in [1.54, 1.807) is 0 Å². The summed E-state index contributed by atoms with van der Waals surface area (Å²) >= 11 is 7.51. The molecular weight excluding hydrogens is 368 g/mol. The number of rotatable bonds is 5. The lowest BCUT2D eigenvalue weighted by Crippen LogP contribution is -2.44. The van der Waals surface area contributed by atoms with Gasteiger partial charge in [-0.15, -0.1) is 11.3 Å². The Morgan fingerprint density at radius 2 is 2.00 bits per heavy atom. The van der Waals surface area contributed by atoms with Crippen LogP contribution in [0.2, 0.25) is 5.02 Å². The zero-order chi connectivity index (χ0) is 18.5. The maximum atomic E-state index is 12.9. The van der Waals surface area contributed by atoms with Crippen molar-refractivity contribution in [2.45, 2.75) is 26.3 Å². The van der Waals surface area contributed by atoms with E-state index >= 15 is 0 Å². The maximum Gasteiger partial charge on any atom is 0.263 e. The Balaban J connectivity index is 1.57. The molecule has 1 aliphatic rings. The predicted molar refractivity (Wildman–Crippen MR) is 105 cm³/mol. The molecule has 1 aromatic carbocycles. The van der Waals surface area contributed by atoms with Crippen molar-refractivity contribution in [2.24, 2.45) is 5.92 Å². The molecule has 4 nitrogen and oxygen atoms in total. The van der Waals surface area contributed by atoms with Crippen LogP contribution in [-0.4, -0.2) is 41.2 Å². The first kappa shape index (κ1) is 18.9. The zero-order valence-corrected chi connectivity index (χ0v) is 16.4. The van der Waals surface area contributed by atoms with Crippen LogP contribution in [0.4, 0.5) is 0 Å². The SMILES string of the molecule is CCN(Cc1cccc(Cl)c1)C(=O)C1CCN(C(=O)c2cccs2)CC1. The Hall–Kier alpha value is -1.85. The van der Waals surface area contributed by atoms with Gasteiger partial charge in [-0.05, 0) is 48.9 Å². The second-order valence-electron chi connectivity index (χ2n) is 6.53. The van der Waals surface area contributed by atoms with E-state index in [1.165, 1.54) is 11.3 Å². The van der Waals surface area contributed by atoms with Gasteiger partial charge in [0.1, 0.15) is 0 Å². The van der Waals surface area contributed by atoms with Gasteiger partial charge in [0.15, 0.2) is 0 Å². The molecule has 26 heavy (non-hydrogen) atoms. The summed E-state index contributed by atoms with van der Waals surface area (Å²) in [4.78, 5) is 29.9. The second-order valence-corrected chi connectivity index (χ2v) is 7.91. The van der Waals surface area contributed by atoms with Gasteiger partial charge in [0, 0.05) is 37.1 Å². The third-order valence-electron chi connectivity index (χ3n) is 4.82. The lowest BCUT2D eigenvalue weighted by Gasteiger charge is -2.34. The maximum absolute atomic E-state index is 12.9. The van der Waals surface area contributed by atoms with E-state index in [4.69, 9.17) is 11.6 Å². The first-order valence-electron chi connectivity index (χ1n) is 8.94. The summed E-state index contributed by atoms with van der Waals surface area (Å²) < 4.78 is 0. The van der Waals surface area contributed by atoms with Gasteiger partial charge in [0.05, 0.1) is 4.88 Å². The van der Waals surface area contributed by atoms with E-state index in [0.29, 0.717) is 31.2 Å². The molecule has 0 N–H and O–H groups in total. The number of carbonyl (C=O) groups excluding carboxylic acids is 2. The third-order valence-corrected chi connectivity index (χ3v) is 5.91. The first-order valence-corrected chi connectivity index (χ1v) is 10.2. The number of nitrogens with zero attached hydrogens (tertiary/aromatic N) is 2. The number of likely N-dealkylation sites (tertiary alicyclic amines) is 1. The fourth-order valence-corrected chi connectivity index (χ4v) is 4.25. The largest absolute Gasteiger partial charge is 0.338 e. The van der Waals surface area contributed by atoms with Gasteiger partial charge in [0.2, 0.25) is 5.91 Å². The van der Waals surface area contributed by atoms with Crippen molar-refractivity contribution in [3.63, 3.8) is 0 Å². The van der Waals surface area contributed by atoms with Crippen LogP contribution >= 0.6 is 22.9 Å². The van der Waals surface area contributed by atoms with Crippen LogP contribution in [0.25, 0.3) is 0 Å². The van der Waals surface area contributed by atoms with Crippen molar-refractivity contribution in [2.75, 3.05) is 19.6 Å². The topological polar surface area (TPSA) is 40.6 Å². The molecule has 2 amide bonds. The van der Waals surface area contributed by atoms with Gasteiger partial charge >= 0.3 is 0 Å². The molecule has 1 fully saturated rings. The van der Waals surface area contributed by atoms with Crippen molar-refractivity contribution in [3.8, 4) is 0 Å². The molecule has 0 spiro atoms. The van der Waals surface area contributed by atoms with E-state index in [-0.39, 0.29) is 17.7 Å². The molecule has 2 heterocycles. The average Bonchev–Trinajstić information content (AvgIpc) is 3.20. The number of amides is 2. The van der Waals surface area contributed by atoms with E-state index in [1.807, 2.05) is 58.5 Å². The normalized spacial score (nSPS) is 15.1. The second kappa shape index (κ2) is 8.69. The standard InChI is InChI=1S/C20H23ClN2O2S/c1-2-22(14-15-5-3-6-17(21)13-15)19(24)16-8-10-23(11-9-16)20(25)18-7-4-12-26-18/h3-7,12-13,16H,2,8-11,14H2,1H3. The van der Waals surface area contributed by atoms with Crippen LogP contribution in [0, 0.1) is 5.92 Å². The summed E-state index contributed by atoms with van der Waals surface area (Å²) in [5.41, 5.74) is 1.04. The molecule has 0 radical (unpaired) electrons. The summed E-state index contributed by atoms with van der Waals surface area (Å²) in [6.07, 6.45) is 1.45. The Kier molecular flexibility index (Phi) is 6.33. The highest BCUT2D eigenvalue weighted by Crippen LogP contribution is 2.23. The molecule has 6 heteroatoms. The van der Waals surface area contributed by atoms with Crippen molar-refractivity contribution in [3.05, 3.63) is 57.2 Å². The highest BCUT2D eigenvalue weighted by molar-refractivity contribution is 7.12. The van der Waals surface area contributed by atoms with Gasteiger partial charge in [-0.2, -0.15) is 0 Å². The van der Waals surface area contributed by atoms with Crippen LogP contribution < -0.4 is 0 Å². The van der Waals surface area contributed by atoms with Crippen molar-refractivity contribution in [1.29, 1.82) is 0 Å². The number of carbonyl (C=O) groups is 2. The predicted octanol–water partition coefficient (Wildman–Crippen LogP) is 4.30. The molecule has 1 saturated heterocycles. The summed E-state index contributed by atoms with van der Waals surface area (Å²) in [7, 11) is 0. The summed E-state index contributed by atoms with van der Waals surface area (Å²) in [6, 6.07) is 11.4. The lowest BCUT2D eigenvalue weighted by molar-refractivity contribution is -0.137. The monoisotopic (exact) mass is 390 g/mol. The summed E-state index contributed by atoms with van der Waals surface area (Å²) in [5.74, 6) is 0.245. The minimum absolute atomic E-state index is 0.0125. The molecule has 3 rings (SSSR count). The molecule has 0 bridgehead atoms. The average molecular weight is 391 g/mol. The summed E-state index contributed by atoms with van der Waals surface area (Å²) in [6.45, 7) is 4.52. The molecular formula is C20H23ClN2O2S. The zero-order valence-electron chi connectivity index (χ0n) is 14.9.